The molecule has 1 aliphatic rings. The lowest BCUT2D eigenvalue weighted by atomic mass is 9.78. The maximum absolute atomic E-state index is 14.2. The molecular formula is C29H21ClO4. The fourth-order valence-electron chi connectivity index (χ4n) is 4.24. The molecule has 0 aromatic heterocycles. The number of ketones is 2. The number of rotatable bonds is 6. The number of hydrogen-bond donors (Lipinski definition) is 0. The van der Waals surface area contributed by atoms with Gasteiger partial charge in [0.05, 0.1) is 0 Å². The molecule has 1 fully saturated rings. The van der Waals surface area contributed by atoms with Crippen LogP contribution in [0, 0.1) is 0 Å². The van der Waals surface area contributed by atoms with E-state index >= 15 is 0 Å². The molecule has 2 atom stereocenters. The Morgan fingerprint density at radius 2 is 1.09 bits per heavy atom. The highest BCUT2D eigenvalue weighted by molar-refractivity contribution is 6.30. The number of Topliss-reactive ketones (excluding diaryl/α,β-unsaturated/α-hetero) is 2. The Hall–Kier alpha value is -3.57. The van der Waals surface area contributed by atoms with Gasteiger partial charge in [0.25, 0.3) is 0 Å². The normalized spacial score (nSPS) is 19.0. The zero-order valence-electron chi connectivity index (χ0n) is 18.1. The number of hydrogen-bond acceptors (Lipinski definition) is 4. The molecule has 0 amide bonds. The smallest absolute Gasteiger partial charge is 0.226 e. The standard InChI is InChI=1S/C29H21ClO4/c30-24-18-16-22(17-19-24)27-29(25(31)20-10-4-1-5-11-20,26(32)21-12-6-2-7-13-21)34-28(33-27)23-14-8-3-9-15-23/h1-19,27-28H/t27-,28-/m1/s1. The number of benzene rings is 4. The Kier molecular flexibility index (Phi) is 6.12. The third-order valence-corrected chi connectivity index (χ3v) is 6.16. The predicted octanol–water partition coefficient (Wildman–Crippen LogP) is 6.63. The van der Waals surface area contributed by atoms with Gasteiger partial charge in [-0.2, -0.15) is 0 Å². The van der Waals surface area contributed by atoms with Gasteiger partial charge >= 0.3 is 0 Å². The van der Waals surface area contributed by atoms with Gasteiger partial charge in [-0.1, -0.05) is 115 Å². The second-order valence-electron chi connectivity index (χ2n) is 8.05. The second-order valence-corrected chi connectivity index (χ2v) is 8.49. The van der Waals surface area contributed by atoms with Crippen LogP contribution in [0.3, 0.4) is 0 Å². The van der Waals surface area contributed by atoms with Crippen molar-refractivity contribution in [3.05, 3.63) is 143 Å². The summed E-state index contributed by atoms with van der Waals surface area (Å²) >= 11 is 6.12. The quantitative estimate of drug-likeness (QED) is 0.235. The molecular weight excluding hydrogens is 448 g/mol. The first-order chi connectivity index (χ1) is 16.6. The van der Waals surface area contributed by atoms with Crippen LogP contribution >= 0.6 is 11.6 Å². The Morgan fingerprint density at radius 3 is 1.59 bits per heavy atom. The van der Waals surface area contributed by atoms with Crippen LogP contribution in [0.5, 0.6) is 0 Å². The first-order valence-corrected chi connectivity index (χ1v) is 11.3. The highest BCUT2D eigenvalue weighted by Gasteiger charge is 2.61. The van der Waals surface area contributed by atoms with Gasteiger partial charge < -0.3 is 9.47 Å². The first kappa shape index (κ1) is 22.2. The zero-order chi connectivity index (χ0) is 23.5. The molecule has 4 aromatic rings. The number of carbonyl (C=O) groups excluding carboxylic acids is 2. The van der Waals surface area contributed by atoms with Gasteiger partial charge in [0.15, 0.2) is 6.29 Å². The molecule has 0 aliphatic carbocycles. The van der Waals surface area contributed by atoms with Crippen molar-refractivity contribution in [2.75, 3.05) is 0 Å². The monoisotopic (exact) mass is 468 g/mol. The summed E-state index contributed by atoms with van der Waals surface area (Å²) in [6.45, 7) is 0. The fourth-order valence-corrected chi connectivity index (χ4v) is 4.37. The van der Waals surface area contributed by atoms with E-state index in [1.807, 2.05) is 42.5 Å². The zero-order valence-corrected chi connectivity index (χ0v) is 18.9. The summed E-state index contributed by atoms with van der Waals surface area (Å²) in [5.74, 6) is -0.916. The fraction of sp³-hybridized carbons (Fsp3) is 0.103. The van der Waals surface area contributed by atoms with E-state index in [0.29, 0.717) is 27.3 Å². The van der Waals surface area contributed by atoms with E-state index in [2.05, 4.69) is 0 Å². The van der Waals surface area contributed by atoms with Crippen LogP contribution in [0.1, 0.15) is 44.2 Å². The van der Waals surface area contributed by atoms with Crippen LogP contribution in [0.2, 0.25) is 5.02 Å². The molecule has 4 nitrogen and oxygen atoms in total. The lowest BCUT2D eigenvalue weighted by Gasteiger charge is -2.30. The molecule has 0 N–H and O–H groups in total. The van der Waals surface area contributed by atoms with E-state index < -0.39 is 29.6 Å². The second kappa shape index (κ2) is 9.35. The summed E-state index contributed by atoms with van der Waals surface area (Å²) in [6, 6.07) is 33.6. The molecule has 0 radical (unpaired) electrons. The van der Waals surface area contributed by atoms with Crippen LogP contribution in [0.4, 0.5) is 0 Å². The van der Waals surface area contributed by atoms with E-state index in [1.54, 1.807) is 72.8 Å². The van der Waals surface area contributed by atoms with Gasteiger partial charge in [-0.3, -0.25) is 9.59 Å². The molecule has 1 aliphatic heterocycles. The van der Waals surface area contributed by atoms with E-state index in [-0.39, 0.29) is 0 Å². The molecule has 168 valence electrons. The summed E-state index contributed by atoms with van der Waals surface area (Å²) in [7, 11) is 0. The molecule has 4 aromatic carbocycles. The van der Waals surface area contributed by atoms with Crippen molar-refractivity contribution in [3.8, 4) is 0 Å². The van der Waals surface area contributed by atoms with Crippen molar-refractivity contribution in [1.29, 1.82) is 0 Å². The minimum atomic E-state index is -1.93. The van der Waals surface area contributed by atoms with E-state index in [1.165, 1.54) is 0 Å². The highest BCUT2D eigenvalue weighted by Crippen LogP contribution is 2.50. The summed E-state index contributed by atoms with van der Waals surface area (Å²) in [5, 5.41) is 0.539. The van der Waals surface area contributed by atoms with Crippen molar-refractivity contribution in [3.63, 3.8) is 0 Å². The third kappa shape index (κ3) is 3.97. The first-order valence-electron chi connectivity index (χ1n) is 10.9. The highest BCUT2D eigenvalue weighted by atomic mass is 35.5. The van der Waals surface area contributed by atoms with Crippen LogP contribution in [0.25, 0.3) is 0 Å². The summed E-state index contributed by atoms with van der Waals surface area (Å²) in [5.41, 5.74) is 0.129. The van der Waals surface area contributed by atoms with Crippen molar-refractivity contribution >= 4 is 23.2 Å². The molecule has 0 bridgehead atoms. The average Bonchev–Trinajstić information content (AvgIpc) is 3.31. The minimum Gasteiger partial charge on any atom is -0.336 e. The Labute approximate surface area is 202 Å². The Bertz CT molecular complexity index is 1240. The van der Waals surface area contributed by atoms with Crippen LogP contribution in [-0.2, 0) is 9.47 Å². The predicted molar refractivity (Wildman–Crippen MR) is 130 cm³/mol. The molecule has 5 rings (SSSR count). The van der Waals surface area contributed by atoms with Crippen LogP contribution in [0.15, 0.2) is 115 Å². The van der Waals surface area contributed by atoms with Crippen molar-refractivity contribution < 1.29 is 19.1 Å². The molecule has 0 spiro atoms. The summed E-state index contributed by atoms with van der Waals surface area (Å²) in [6.07, 6.45) is -1.91. The van der Waals surface area contributed by atoms with Gasteiger partial charge in [0.2, 0.25) is 17.2 Å². The molecule has 5 heteroatoms. The summed E-state index contributed by atoms with van der Waals surface area (Å²) < 4.78 is 12.8. The lowest BCUT2D eigenvalue weighted by Crippen LogP contribution is -2.50. The van der Waals surface area contributed by atoms with Gasteiger partial charge in [-0.15, -0.1) is 0 Å². The largest absolute Gasteiger partial charge is 0.336 e. The SMILES string of the molecule is O=C(c1ccccc1)C1(C(=O)c2ccccc2)O[C@H](c2ccccc2)O[C@@H]1c1ccc(Cl)cc1. The van der Waals surface area contributed by atoms with Gasteiger partial charge in [0.1, 0.15) is 6.10 Å². The molecule has 34 heavy (non-hydrogen) atoms. The lowest BCUT2D eigenvalue weighted by molar-refractivity contribution is -0.0768. The van der Waals surface area contributed by atoms with E-state index in [9.17, 15) is 9.59 Å². The van der Waals surface area contributed by atoms with E-state index in [4.69, 9.17) is 21.1 Å². The van der Waals surface area contributed by atoms with Gasteiger partial charge in [-0.25, -0.2) is 0 Å². The third-order valence-electron chi connectivity index (χ3n) is 5.91. The van der Waals surface area contributed by atoms with Crippen molar-refractivity contribution in [1.82, 2.24) is 0 Å². The van der Waals surface area contributed by atoms with Crippen molar-refractivity contribution in [2.24, 2.45) is 0 Å². The van der Waals surface area contributed by atoms with Crippen LogP contribution < -0.4 is 0 Å². The molecule has 0 saturated carbocycles. The van der Waals surface area contributed by atoms with E-state index in [0.717, 1.165) is 0 Å². The molecule has 0 unspecified atom stereocenters. The number of ether oxygens (including phenoxy) is 2. The van der Waals surface area contributed by atoms with Crippen LogP contribution in [-0.4, -0.2) is 17.2 Å². The number of carbonyl (C=O) groups is 2. The minimum absolute atomic E-state index is 0.364. The molecule has 1 heterocycles. The maximum atomic E-state index is 14.2. The number of halogens is 1. The van der Waals surface area contributed by atoms with Gasteiger partial charge in [-0.05, 0) is 17.7 Å². The average molecular weight is 469 g/mol. The Balaban J connectivity index is 1.72. The summed E-state index contributed by atoms with van der Waals surface area (Å²) in [4.78, 5) is 28.3. The molecule has 1 saturated heterocycles. The Morgan fingerprint density at radius 1 is 0.618 bits per heavy atom. The van der Waals surface area contributed by atoms with Gasteiger partial charge in [0, 0.05) is 21.7 Å². The van der Waals surface area contributed by atoms with Crippen molar-refractivity contribution in [2.45, 2.75) is 18.0 Å². The topological polar surface area (TPSA) is 52.6 Å². The maximum Gasteiger partial charge on any atom is 0.226 e.